The number of halogens is 2. The summed E-state index contributed by atoms with van der Waals surface area (Å²) < 4.78 is 28.5. The number of rotatable bonds is 8. The first kappa shape index (κ1) is 19.8. The highest BCUT2D eigenvalue weighted by Gasteiger charge is 2.30. The number of nitriles is 1. The second-order valence-corrected chi connectivity index (χ2v) is 6.21. The van der Waals surface area contributed by atoms with Crippen LogP contribution in [0.25, 0.3) is 0 Å². The second-order valence-electron chi connectivity index (χ2n) is 6.21. The van der Waals surface area contributed by atoms with Crippen molar-refractivity contribution in [1.29, 1.82) is 5.26 Å². The lowest BCUT2D eigenvalue weighted by Crippen LogP contribution is -2.51. The molecule has 0 heterocycles. The SMILES string of the molecule is CC(C)[C@](C)(C#N)NC(=O)CN(C)Cc1ccc(OC(F)F)cc1. The van der Waals surface area contributed by atoms with Gasteiger partial charge in [-0.2, -0.15) is 14.0 Å². The van der Waals surface area contributed by atoms with Crippen LogP contribution in [0.5, 0.6) is 5.75 Å². The molecule has 5 nitrogen and oxygen atoms in total. The summed E-state index contributed by atoms with van der Waals surface area (Å²) in [6.07, 6.45) is 0. The quantitative estimate of drug-likeness (QED) is 0.791. The number of hydrogen-bond acceptors (Lipinski definition) is 4. The summed E-state index contributed by atoms with van der Waals surface area (Å²) in [6.45, 7) is 3.17. The van der Waals surface area contributed by atoms with Crippen LogP contribution in [-0.4, -0.2) is 36.5 Å². The zero-order chi connectivity index (χ0) is 18.3. The van der Waals surface area contributed by atoms with Gasteiger partial charge in [0.05, 0.1) is 12.6 Å². The molecule has 0 bridgehead atoms. The van der Waals surface area contributed by atoms with Gasteiger partial charge in [0, 0.05) is 6.54 Å². The van der Waals surface area contributed by atoms with Crippen LogP contribution >= 0.6 is 0 Å². The predicted molar refractivity (Wildman–Crippen MR) is 86.4 cm³/mol. The second kappa shape index (κ2) is 8.60. The average molecular weight is 339 g/mol. The van der Waals surface area contributed by atoms with Crippen LogP contribution < -0.4 is 10.1 Å². The Hall–Kier alpha value is -2.20. The standard InChI is InChI=1S/C17H23F2N3O2/c1-12(2)17(3,11-20)21-15(23)10-22(4)9-13-5-7-14(8-6-13)24-16(18)19/h5-8,12,16H,9-10H2,1-4H3,(H,21,23)/t17-/m0/s1. The number of hydrogen-bond donors (Lipinski definition) is 1. The number of carbonyl (C=O) groups is 1. The number of benzene rings is 1. The fraction of sp³-hybridized carbons (Fsp3) is 0.529. The van der Waals surface area contributed by atoms with Gasteiger partial charge in [-0.15, -0.1) is 0 Å². The highest BCUT2D eigenvalue weighted by atomic mass is 19.3. The summed E-state index contributed by atoms with van der Waals surface area (Å²) >= 11 is 0. The summed E-state index contributed by atoms with van der Waals surface area (Å²) in [7, 11) is 1.77. The van der Waals surface area contributed by atoms with E-state index in [1.54, 1.807) is 31.0 Å². The molecule has 0 unspecified atom stereocenters. The maximum atomic E-state index is 12.1. The van der Waals surface area contributed by atoms with Gasteiger partial charge >= 0.3 is 6.61 Å². The molecular weight excluding hydrogens is 316 g/mol. The molecule has 1 rings (SSSR count). The van der Waals surface area contributed by atoms with Crippen LogP contribution in [-0.2, 0) is 11.3 Å². The molecule has 0 aliphatic rings. The van der Waals surface area contributed by atoms with Crippen molar-refractivity contribution in [3.63, 3.8) is 0 Å². The predicted octanol–water partition coefficient (Wildman–Crippen LogP) is 2.77. The lowest BCUT2D eigenvalue weighted by atomic mass is 9.90. The highest BCUT2D eigenvalue weighted by molar-refractivity contribution is 5.79. The molecule has 0 spiro atoms. The van der Waals surface area contributed by atoms with Gasteiger partial charge < -0.3 is 10.1 Å². The minimum Gasteiger partial charge on any atom is -0.435 e. The normalized spacial score (nSPS) is 13.7. The van der Waals surface area contributed by atoms with Crippen LogP contribution in [0.3, 0.4) is 0 Å². The molecule has 0 fully saturated rings. The Balaban J connectivity index is 2.55. The monoisotopic (exact) mass is 339 g/mol. The third-order valence-corrected chi connectivity index (χ3v) is 3.80. The maximum absolute atomic E-state index is 12.1. The number of nitrogens with one attached hydrogen (secondary N) is 1. The van der Waals surface area contributed by atoms with Crippen molar-refractivity contribution in [3.05, 3.63) is 29.8 Å². The largest absolute Gasteiger partial charge is 0.435 e. The molecule has 0 radical (unpaired) electrons. The molecule has 132 valence electrons. The van der Waals surface area contributed by atoms with Gasteiger partial charge in [0.2, 0.25) is 5.91 Å². The van der Waals surface area contributed by atoms with Gasteiger partial charge in [-0.1, -0.05) is 26.0 Å². The molecule has 24 heavy (non-hydrogen) atoms. The molecule has 0 aromatic heterocycles. The minimum absolute atomic E-state index is 0.0147. The summed E-state index contributed by atoms with van der Waals surface area (Å²) in [5.41, 5.74) is -0.0505. The van der Waals surface area contributed by atoms with Crippen molar-refractivity contribution in [2.45, 2.75) is 39.5 Å². The molecule has 0 saturated carbocycles. The molecule has 0 saturated heterocycles. The van der Waals surface area contributed by atoms with Crippen LogP contribution in [0.1, 0.15) is 26.3 Å². The Morgan fingerprint density at radius 2 is 1.96 bits per heavy atom. The van der Waals surface area contributed by atoms with Gasteiger partial charge in [0.15, 0.2) is 0 Å². The first-order valence-corrected chi connectivity index (χ1v) is 7.61. The topological polar surface area (TPSA) is 65.4 Å². The van der Waals surface area contributed by atoms with E-state index in [0.717, 1.165) is 5.56 Å². The van der Waals surface area contributed by atoms with Crippen molar-refractivity contribution in [2.24, 2.45) is 5.92 Å². The van der Waals surface area contributed by atoms with Crippen LogP contribution in [0.2, 0.25) is 0 Å². The molecule has 7 heteroatoms. The Labute approximate surface area is 141 Å². The highest BCUT2D eigenvalue weighted by Crippen LogP contribution is 2.16. The Morgan fingerprint density at radius 3 is 2.42 bits per heavy atom. The zero-order valence-electron chi connectivity index (χ0n) is 14.3. The van der Waals surface area contributed by atoms with E-state index in [1.165, 1.54) is 12.1 Å². The molecule has 1 atom stereocenters. The van der Waals surface area contributed by atoms with E-state index in [9.17, 15) is 18.8 Å². The number of amides is 1. The Bertz CT molecular complexity index is 584. The van der Waals surface area contributed by atoms with Crippen LogP contribution in [0.4, 0.5) is 8.78 Å². The Kier molecular flexibility index (Phi) is 7.11. The fourth-order valence-electron chi connectivity index (χ4n) is 2.02. The summed E-state index contributed by atoms with van der Waals surface area (Å²) in [5, 5.41) is 12.0. The number of likely N-dealkylation sites (N-methyl/N-ethyl adjacent to an activating group) is 1. The van der Waals surface area contributed by atoms with Gasteiger partial charge in [-0.25, -0.2) is 0 Å². The van der Waals surface area contributed by atoms with Crippen molar-refractivity contribution in [2.75, 3.05) is 13.6 Å². The van der Waals surface area contributed by atoms with Crippen molar-refractivity contribution < 1.29 is 18.3 Å². The van der Waals surface area contributed by atoms with Crippen molar-refractivity contribution in [1.82, 2.24) is 10.2 Å². The summed E-state index contributed by atoms with van der Waals surface area (Å²) in [4.78, 5) is 13.9. The minimum atomic E-state index is -2.85. The molecular formula is C17H23F2N3O2. The van der Waals surface area contributed by atoms with E-state index < -0.39 is 12.2 Å². The van der Waals surface area contributed by atoms with E-state index in [-0.39, 0.29) is 24.1 Å². The van der Waals surface area contributed by atoms with Gasteiger partial charge in [-0.05, 0) is 37.6 Å². The number of carbonyl (C=O) groups excluding carboxylic acids is 1. The fourth-order valence-corrected chi connectivity index (χ4v) is 2.02. The van der Waals surface area contributed by atoms with Crippen molar-refractivity contribution >= 4 is 5.91 Å². The van der Waals surface area contributed by atoms with E-state index in [4.69, 9.17) is 0 Å². The van der Waals surface area contributed by atoms with Crippen LogP contribution in [0, 0.1) is 17.2 Å². The van der Waals surface area contributed by atoms with Gasteiger partial charge in [-0.3, -0.25) is 9.69 Å². The van der Waals surface area contributed by atoms with Crippen LogP contribution in [0.15, 0.2) is 24.3 Å². The first-order chi connectivity index (χ1) is 11.2. The smallest absolute Gasteiger partial charge is 0.387 e. The molecule has 0 aliphatic heterocycles. The van der Waals surface area contributed by atoms with E-state index in [1.807, 2.05) is 13.8 Å². The molecule has 1 amide bonds. The number of nitrogens with zero attached hydrogens (tertiary/aromatic N) is 2. The van der Waals surface area contributed by atoms with E-state index >= 15 is 0 Å². The average Bonchev–Trinajstić information content (AvgIpc) is 2.48. The number of alkyl halides is 2. The van der Waals surface area contributed by atoms with E-state index in [2.05, 4.69) is 16.1 Å². The van der Waals surface area contributed by atoms with Gasteiger partial charge in [0.1, 0.15) is 11.3 Å². The lowest BCUT2D eigenvalue weighted by Gasteiger charge is -2.28. The third-order valence-electron chi connectivity index (χ3n) is 3.80. The molecule has 1 aromatic rings. The first-order valence-electron chi connectivity index (χ1n) is 7.61. The summed E-state index contributed by atoms with van der Waals surface area (Å²) in [5.74, 6) is -0.164. The maximum Gasteiger partial charge on any atom is 0.387 e. The Morgan fingerprint density at radius 1 is 1.38 bits per heavy atom. The van der Waals surface area contributed by atoms with Gasteiger partial charge in [0.25, 0.3) is 0 Å². The zero-order valence-corrected chi connectivity index (χ0v) is 14.3. The molecule has 1 N–H and O–H groups in total. The molecule has 0 aliphatic carbocycles. The van der Waals surface area contributed by atoms with E-state index in [0.29, 0.717) is 6.54 Å². The number of ether oxygens (including phenoxy) is 1. The molecule has 1 aromatic carbocycles. The lowest BCUT2D eigenvalue weighted by molar-refractivity contribution is -0.123. The third kappa shape index (κ3) is 6.13. The summed E-state index contributed by atoms with van der Waals surface area (Å²) in [6, 6.07) is 8.38. The van der Waals surface area contributed by atoms with Crippen molar-refractivity contribution in [3.8, 4) is 11.8 Å².